The molecule has 0 saturated carbocycles. The fourth-order valence-electron chi connectivity index (χ4n) is 2.68. The highest BCUT2D eigenvalue weighted by atomic mass is 32.2. The van der Waals surface area contributed by atoms with Crippen molar-refractivity contribution in [2.24, 2.45) is 0 Å². The molecular formula is C22H20N4O3S. The monoisotopic (exact) mass is 420 g/mol. The molecule has 1 unspecified atom stereocenters. The number of hydrogen-bond donors (Lipinski definition) is 2. The average molecular weight is 420 g/mol. The Morgan fingerprint density at radius 1 is 1.23 bits per heavy atom. The van der Waals surface area contributed by atoms with E-state index in [1.807, 2.05) is 19.1 Å². The molecule has 3 aromatic rings. The number of rotatable bonds is 7. The number of nitrogens with one attached hydrogen (secondary N) is 2. The quantitative estimate of drug-likeness (QED) is 0.444. The van der Waals surface area contributed by atoms with Gasteiger partial charge in [0.25, 0.3) is 5.56 Å². The third kappa shape index (κ3) is 5.07. The summed E-state index contributed by atoms with van der Waals surface area (Å²) in [5.41, 5.74) is 1.00. The summed E-state index contributed by atoms with van der Waals surface area (Å²) in [7, 11) is 0. The van der Waals surface area contributed by atoms with Gasteiger partial charge in [0.15, 0.2) is 5.16 Å². The van der Waals surface area contributed by atoms with Crippen molar-refractivity contribution in [1.82, 2.24) is 9.97 Å². The van der Waals surface area contributed by atoms with Gasteiger partial charge in [-0.2, -0.15) is 5.26 Å². The number of carbonyl (C=O) groups excluding carboxylic acids is 1. The lowest BCUT2D eigenvalue weighted by Gasteiger charge is -2.13. The van der Waals surface area contributed by atoms with Gasteiger partial charge in [0.1, 0.15) is 17.4 Å². The van der Waals surface area contributed by atoms with Crippen molar-refractivity contribution < 1.29 is 9.53 Å². The maximum absolute atomic E-state index is 12.6. The van der Waals surface area contributed by atoms with E-state index in [4.69, 9.17) is 4.74 Å². The van der Waals surface area contributed by atoms with Crippen LogP contribution in [0.5, 0.6) is 5.75 Å². The van der Waals surface area contributed by atoms with Crippen molar-refractivity contribution in [3.05, 3.63) is 70.5 Å². The molecule has 30 heavy (non-hydrogen) atoms. The average Bonchev–Trinajstić information content (AvgIpc) is 2.75. The summed E-state index contributed by atoms with van der Waals surface area (Å²) in [6, 6.07) is 18.0. The van der Waals surface area contributed by atoms with Crippen LogP contribution in [0.15, 0.2) is 64.5 Å². The predicted molar refractivity (Wildman–Crippen MR) is 117 cm³/mol. The van der Waals surface area contributed by atoms with Crippen LogP contribution in [-0.4, -0.2) is 27.7 Å². The zero-order valence-corrected chi connectivity index (χ0v) is 17.3. The Labute approximate surface area is 178 Å². The maximum atomic E-state index is 12.6. The second-order valence-electron chi connectivity index (χ2n) is 6.28. The Kier molecular flexibility index (Phi) is 6.88. The maximum Gasteiger partial charge on any atom is 0.270 e. The van der Waals surface area contributed by atoms with Crippen molar-refractivity contribution in [2.75, 3.05) is 11.9 Å². The van der Waals surface area contributed by atoms with Crippen molar-refractivity contribution >= 4 is 23.4 Å². The van der Waals surface area contributed by atoms with Gasteiger partial charge in [0.2, 0.25) is 5.91 Å². The minimum atomic E-state index is -0.534. The van der Waals surface area contributed by atoms with E-state index >= 15 is 0 Å². The lowest BCUT2D eigenvalue weighted by Crippen LogP contribution is -2.23. The summed E-state index contributed by atoms with van der Waals surface area (Å²) < 4.78 is 5.39. The Balaban J connectivity index is 1.77. The number of benzene rings is 2. The third-order valence-corrected chi connectivity index (χ3v) is 5.13. The smallest absolute Gasteiger partial charge is 0.270 e. The molecule has 1 heterocycles. The van der Waals surface area contributed by atoms with Crippen molar-refractivity contribution in [3.8, 4) is 23.1 Å². The van der Waals surface area contributed by atoms with Crippen molar-refractivity contribution in [1.29, 1.82) is 5.26 Å². The van der Waals surface area contributed by atoms with Crippen LogP contribution >= 0.6 is 11.8 Å². The number of H-pyrrole nitrogens is 1. The Morgan fingerprint density at radius 2 is 1.93 bits per heavy atom. The molecule has 8 heteroatoms. The zero-order chi connectivity index (χ0) is 21.5. The molecule has 0 aliphatic heterocycles. The van der Waals surface area contributed by atoms with Gasteiger partial charge in [-0.05, 0) is 38.1 Å². The number of amides is 1. The van der Waals surface area contributed by atoms with Crippen molar-refractivity contribution in [3.63, 3.8) is 0 Å². The molecular weight excluding hydrogens is 400 g/mol. The van der Waals surface area contributed by atoms with Crippen molar-refractivity contribution in [2.45, 2.75) is 24.3 Å². The summed E-state index contributed by atoms with van der Waals surface area (Å²) in [5.74, 6) is 0.489. The van der Waals surface area contributed by atoms with E-state index in [0.29, 0.717) is 23.6 Å². The number of hydrogen-bond acceptors (Lipinski definition) is 6. The van der Waals surface area contributed by atoms with Gasteiger partial charge < -0.3 is 15.0 Å². The summed E-state index contributed by atoms with van der Waals surface area (Å²) in [6.45, 7) is 4.19. The van der Waals surface area contributed by atoms with Gasteiger partial charge in [0.05, 0.1) is 17.6 Å². The molecule has 7 nitrogen and oxygen atoms in total. The Hall–Kier alpha value is -3.57. The van der Waals surface area contributed by atoms with E-state index in [-0.39, 0.29) is 16.6 Å². The normalized spacial score (nSPS) is 11.4. The molecule has 1 aromatic heterocycles. The summed E-state index contributed by atoms with van der Waals surface area (Å²) in [5, 5.41) is 11.9. The Bertz CT molecular complexity index is 1120. The van der Waals surface area contributed by atoms with E-state index < -0.39 is 10.8 Å². The fraction of sp³-hybridized carbons (Fsp3) is 0.182. The van der Waals surface area contributed by atoms with E-state index in [1.54, 1.807) is 55.5 Å². The second kappa shape index (κ2) is 9.76. The van der Waals surface area contributed by atoms with Crippen LogP contribution in [0.25, 0.3) is 11.3 Å². The number of nitriles is 1. The molecule has 1 amide bonds. The molecule has 0 bridgehead atoms. The number of anilines is 1. The van der Waals surface area contributed by atoms with Gasteiger partial charge in [0, 0.05) is 11.3 Å². The lowest BCUT2D eigenvalue weighted by atomic mass is 10.1. The second-order valence-corrected chi connectivity index (χ2v) is 7.61. The molecule has 0 aliphatic carbocycles. The van der Waals surface area contributed by atoms with E-state index in [1.165, 1.54) is 0 Å². The molecule has 3 rings (SSSR count). The van der Waals surface area contributed by atoms with E-state index in [0.717, 1.165) is 17.5 Å². The first-order chi connectivity index (χ1) is 14.5. The molecule has 152 valence electrons. The molecule has 0 radical (unpaired) electrons. The minimum Gasteiger partial charge on any atom is -0.494 e. The first-order valence-electron chi connectivity index (χ1n) is 9.32. The fourth-order valence-corrected chi connectivity index (χ4v) is 3.48. The van der Waals surface area contributed by atoms with Gasteiger partial charge >= 0.3 is 0 Å². The topological polar surface area (TPSA) is 108 Å². The first kappa shape index (κ1) is 21.1. The molecule has 1 atom stereocenters. The van der Waals surface area contributed by atoms with E-state index in [2.05, 4.69) is 15.3 Å². The number of ether oxygens (including phenoxy) is 1. The number of carbonyl (C=O) groups is 1. The van der Waals surface area contributed by atoms with Gasteiger partial charge in [-0.3, -0.25) is 9.59 Å². The highest BCUT2D eigenvalue weighted by Gasteiger charge is 2.19. The largest absolute Gasteiger partial charge is 0.494 e. The number of nitrogens with zero attached hydrogens (tertiary/aromatic N) is 2. The molecule has 0 spiro atoms. The van der Waals surface area contributed by atoms with Crippen LogP contribution in [0.2, 0.25) is 0 Å². The Morgan fingerprint density at radius 3 is 2.57 bits per heavy atom. The van der Waals surface area contributed by atoms with E-state index in [9.17, 15) is 14.9 Å². The summed E-state index contributed by atoms with van der Waals surface area (Å²) in [4.78, 5) is 31.9. The molecule has 0 aliphatic rings. The third-order valence-electron chi connectivity index (χ3n) is 4.15. The van der Waals surface area contributed by atoms with Crippen LogP contribution < -0.4 is 15.6 Å². The first-order valence-corrected chi connectivity index (χ1v) is 10.2. The van der Waals surface area contributed by atoms with Gasteiger partial charge in [-0.1, -0.05) is 42.1 Å². The molecule has 0 fully saturated rings. The SMILES string of the molecule is CCOc1ccc(NC(=O)C(C)Sc2nc(-c3ccccc3)c(C#N)c(=O)[nH]2)cc1. The summed E-state index contributed by atoms with van der Waals surface area (Å²) in [6.07, 6.45) is 0. The van der Waals surface area contributed by atoms with Crippen LogP contribution in [0.4, 0.5) is 5.69 Å². The number of aromatic nitrogens is 2. The highest BCUT2D eigenvalue weighted by Crippen LogP contribution is 2.25. The summed E-state index contributed by atoms with van der Waals surface area (Å²) >= 11 is 1.11. The molecule has 2 N–H and O–H groups in total. The lowest BCUT2D eigenvalue weighted by molar-refractivity contribution is -0.115. The predicted octanol–water partition coefficient (Wildman–Crippen LogP) is 3.83. The molecule has 0 saturated heterocycles. The standard InChI is InChI=1S/C22H20N4O3S/c1-3-29-17-11-9-16(10-12-17)24-20(27)14(2)30-22-25-19(15-7-5-4-6-8-15)18(13-23)21(28)26-22/h4-12,14H,3H2,1-2H3,(H,24,27)(H,25,26,28). The van der Waals surface area contributed by atoms with Crippen LogP contribution in [0, 0.1) is 11.3 Å². The van der Waals surface area contributed by atoms with Gasteiger partial charge in [-0.15, -0.1) is 0 Å². The molecule has 2 aromatic carbocycles. The number of aromatic amines is 1. The van der Waals surface area contributed by atoms with Gasteiger partial charge in [-0.25, -0.2) is 4.98 Å². The van der Waals surface area contributed by atoms with Crippen LogP contribution in [0.1, 0.15) is 19.4 Å². The van der Waals surface area contributed by atoms with Crippen LogP contribution in [-0.2, 0) is 4.79 Å². The number of thioether (sulfide) groups is 1. The highest BCUT2D eigenvalue weighted by molar-refractivity contribution is 8.00. The minimum absolute atomic E-state index is 0.0583. The van der Waals surface area contributed by atoms with Crippen LogP contribution in [0.3, 0.4) is 0 Å². The zero-order valence-electron chi connectivity index (χ0n) is 16.5.